The number of nitrogens with one attached hydrogen (secondary N) is 1. The fourth-order valence-electron chi connectivity index (χ4n) is 3.17. The molecule has 0 spiro atoms. The summed E-state index contributed by atoms with van der Waals surface area (Å²) in [5.41, 5.74) is 4.86. The van der Waals surface area contributed by atoms with Crippen LogP contribution >= 0.6 is 0 Å². The van der Waals surface area contributed by atoms with Crippen molar-refractivity contribution >= 4 is 11.6 Å². The van der Waals surface area contributed by atoms with Gasteiger partial charge in [-0.15, -0.1) is 0 Å². The van der Waals surface area contributed by atoms with Crippen molar-refractivity contribution in [3.63, 3.8) is 0 Å². The molecule has 0 unspecified atom stereocenters. The van der Waals surface area contributed by atoms with E-state index in [1.807, 2.05) is 41.9 Å². The standard InChI is InChI=1S/C24H20N4O2/c1-17-4-3-11-28-15-21(27-23(17)28)16-30-22-9-7-20(8-10-22)24(29)26-14-19-6-2-5-18(12-19)13-25/h2-12,15H,14,16H2,1H3,(H,26,29). The third kappa shape index (κ3) is 4.31. The zero-order valence-corrected chi connectivity index (χ0v) is 16.5. The number of hydrogen-bond donors (Lipinski definition) is 1. The fourth-order valence-corrected chi connectivity index (χ4v) is 3.17. The first-order valence-electron chi connectivity index (χ1n) is 9.56. The average Bonchev–Trinajstić information content (AvgIpc) is 3.21. The van der Waals surface area contributed by atoms with Gasteiger partial charge in [0.2, 0.25) is 0 Å². The van der Waals surface area contributed by atoms with E-state index in [9.17, 15) is 4.79 Å². The van der Waals surface area contributed by atoms with Gasteiger partial charge in [0.1, 0.15) is 18.0 Å². The van der Waals surface area contributed by atoms with E-state index in [2.05, 4.69) is 16.4 Å². The van der Waals surface area contributed by atoms with Gasteiger partial charge in [0.25, 0.3) is 5.91 Å². The van der Waals surface area contributed by atoms with Gasteiger partial charge in [-0.1, -0.05) is 18.2 Å². The van der Waals surface area contributed by atoms with Crippen LogP contribution in [0, 0.1) is 18.3 Å². The van der Waals surface area contributed by atoms with E-state index in [1.54, 1.807) is 42.5 Å². The number of rotatable bonds is 6. The maximum absolute atomic E-state index is 12.4. The molecule has 0 bridgehead atoms. The third-order valence-corrected chi connectivity index (χ3v) is 4.74. The average molecular weight is 396 g/mol. The molecule has 0 atom stereocenters. The van der Waals surface area contributed by atoms with Crippen LogP contribution in [-0.4, -0.2) is 15.3 Å². The van der Waals surface area contributed by atoms with Crippen molar-refractivity contribution < 1.29 is 9.53 Å². The highest BCUT2D eigenvalue weighted by atomic mass is 16.5. The first-order chi connectivity index (χ1) is 14.6. The molecule has 0 saturated heterocycles. The largest absolute Gasteiger partial charge is 0.487 e. The Morgan fingerprint density at radius 2 is 2.00 bits per heavy atom. The Balaban J connectivity index is 1.34. The van der Waals surface area contributed by atoms with Crippen molar-refractivity contribution in [3.8, 4) is 11.8 Å². The number of nitriles is 1. The predicted molar refractivity (Wildman–Crippen MR) is 113 cm³/mol. The van der Waals surface area contributed by atoms with Gasteiger partial charge in [-0.2, -0.15) is 5.26 Å². The van der Waals surface area contributed by atoms with Crippen LogP contribution in [0.5, 0.6) is 5.75 Å². The molecule has 0 saturated carbocycles. The van der Waals surface area contributed by atoms with E-state index in [4.69, 9.17) is 10.00 Å². The van der Waals surface area contributed by atoms with Gasteiger partial charge >= 0.3 is 0 Å². The molecule has 6 heteroatoms. The summed E-state index contributed by atoms with van der Waals surface area (Å²) >= 11 is 0. The van der Waals surface area contributed by atoms with Crippen LogP contribution in [-0.2, 0) is 13.2 Å². The Labute approximate surface area is 174 Å². The molecule has 0 aliphatic carbocycles. The first kappa shape index (κ1) is 19.2. The topological polar surface area (TPSA) is 79.4 Å². The number of nitrogens with zero attached hydrogens (tertiary/aromatic N) is 3. The summed E-state index contributed by atoms with van der Waals surface area (Å²) < 4.78 is 7.79. The smallest absolute Gasteiger partial charge is 0.251 e. The molecule has 4 aromatic rings. The number of hydrogen-bond acceptors (Lipinski definition) is 4. The second-order valence-corrected chi connectivity index (χ2v) is 6.96. The molecule has 2 aromatic heterocycles. The third-order valence-electron chi connectivity index (χ3n) is 4.74. The first-order valence-corrected chi connectivity index (χ1v) is 9.56. The highest BCUT2D eigenvalue weighted by molar-refractivity contribution is 5.94. The Morgan fingerprint density at radius 3 is 2.77 bits per heavy atom. The van der Waals surface area contributed by atoms with Gasteiger partial charge in [-0.05, 0) is 60.5 Å². The number of amides is 1. The number of carbonyl (C=O) groups excluding carboxylic acids is 1. The lowest BCUT2D eigenvalue weighted by Crippen LogP contribution is -2.22. The fraction of sp³-hybridized carbons (Fsp3) is 0.125. The van der Waals surface area contributed by atoms with Crippen LogP contribution in [0.3, 0.4) is 0 Å². The summed E-state index contributed by atoms with van der Waals surface area (Å²) in [5, 5.41) is 11.8. The van der Waals surface area contributed by atoms with Crippen molar-refractivity contribution in [3.05, 3.63) is 101 Å². The second-order valence-electron chi connectivity index (χ2n) is 6.96. The van der Waals surface area contributed by atoms with E-state index in [1.165, 1.54) is 0 Å². The SMILES string of the molecule is Cc1cccn2cc(COc3ccc(C(=O)NCc4cccc(C#N)c4)cc3)nc12. The number of imidazole rings is 1. The van der Waals surface area contributed by atoms with E-state index in [0.717, 1.165) is 22.5 Å². The molecule has 0 aliphatic heterocycles. The minimum atomic E-state index is -0.181. The number of ether oxygens (including phenoxy) is 1. The van der Waals surface area contributed by atoms with Crippen LogP contribution < -0.4 is 10.1 Å². The number of aromatic nitrogens is 2. The van der Waals surface area contributed by atoms with Crippen LogP contribution in [0.25, 0.3) is 5.65 Å². The van der Waals surface area contributed by atoms with Gasteiger partial charge in [0.15, 0.2) is 0 Å². The summed E-state index contributed by atoms with van der Waals surface area (Å²) in [4.78, 5) is 17.0. The molecule has 1 amide bonds. The molecule has 0 aliphatic rings. The molecule has 30 heavy (non-hydrogen) atoms. The van der Waals surface area contributed by atoms with Gasteiger partial charge < -0.3 is 14.5 Å². The molecule has 0 radical (unpaired) electrons. The van der Waals surface area contributed by atoms with E-state index in [-0.39, 0.29) is 5.91 Å². The molecule has 6 nitrogen and oxygen atoms in total. The van der Waals surface area contributed by atoms with Crippen LogP contribution in [0.2, 0.25) is 0 Å². The van der Waals surface area contributed by atoms with Gasteiger partial charge in [0, 0.05) is 24.5 Å². The highest BCUT2D eigenvalue weighted by Crippen LogP contribution is 2.16. The maximum atomic E-state index is 12.4. The lowest BCUT2D eigenvalue weighted by atomic mass is 10.1. The van der Waals surface area contributed by atoms with Crippen LogP contribution in [0.1, 0.15) is 32.7 Å². The van der Waals surface area contributed by atoms with Crippen LogP contribution in [0.15, 0.2) is 73.1 Å². The number of fused-ring (bicyclic) bond motifs is 1. The van der Waals surface area contributed by atoms with Crippen molar-refractivity contribution in [2.75, 3.05) is 0 Å². The molecule has 4 rings (SSSR count). The Bertz CT molecular complexity index is 1240. The predicted octanol–water partition coefficient (Wildman–Crippen LogP) is 4.02. The number of carbonyl (C=O) groups is 1. The lowest BCUT2D eigenvalue weighted by Gasteiger charge is -2.07. The minimum absolute atomic E-state index is 0.181. The second kappa shape index (κ2) is 8.50. The number of benzene rings is 2. The summed E-state index contributed by atoms with van der Waals surface area (Å²) in [6.45, 7) is 2.73. The van der Waals surface area contributed by atoms with Crippen molar-refractivity contribution in [2.45, 2.75) is 20.1 Å². The van der Waals surface area contributed by atoms with Gasteiger partial charge in [0.05, 0.1) is 17.3 Å². The maximum Gasteiger partial charge on any atom is 0.251 e. The molecule has 148 valence electrons. The monoisotopic (exact) mass is 396 g/mol. The number of pyridine rings is 1. The summed E-state index contributed by atoms with van der Waals surface area (Å²) in [5.74, 6) is 0.488. The Hall–Kier alpha value is -4.11. The molecule has 1 N–H and O–H groups in total. The van der Waals surface area contributed by atoms with Gasteiger partial charge in [-0.25, -0.2) is 4.98 Å². The minimum Gasteiger partial charge on any atom is -0.487 e. The van der Waals surface area contributed by atoms with Gasteiger partial charge in [-0.3, -0.25) is 4.79 Å². The summed E-state index contributed by atoms with van der Waals surface area (Å²) in [6, 6.07) is 20.3. The lowest BCUT2D eigenvalue weighted by molar-refractivity contribution is 0.0951. The molecular formula is C24H20N4O2. The zero-order valence-electron chi connectivity index (χ0n) is 16.5. The Kier molecular flexibility index (Phi) is 5.44. The van der Waals surface area contributed by atoms with Crippen LogP contribution in [0.4, 0.5) is 0 Å². The Morgan fingerprint density at radius 1 is 1.17 bits per heavy atom. The summed E-state index contributed by atoms with van der Waals surface area (Å²) in [7, 11) is 0. The normalized spacial score (nSPS) is 10.5. The zero-order chi connectivity index (χ0) is 20.9. The molecular weight excluding hydrogens is 376 g/mol. The highest BCUT2D eigenvalue weighted by Gasteiger charge is 2.08. The van der Waals surface area contributed by atoms with E-state index >= 15 is 0 Å². The quantitative estimate of drug-likeness (QED) is 0.534. The van der Waals surface area contributed by atoms with E-state index in [0.29, 0.717) is 30.0 Å². The molecule has 2 heterocycles. The van der Waals surface area contributed by atoms with Crippen molar-refractivity contribution in [1.29, 1.82) is 5.26 Å². The van der Waals surface area contributed by atoms with Crippen molar-refractivity contribution in [2.24, 2.45) is 0 Å². The molecule has 0 fully saturated rings. The number of aryl methyl sites for hydroxylation is 1. The van der Waals surface area contributed by atoms with Crippen molar-refractivity contribution in [1.82, 2.24) is 14.7 Å². The summed E-state index contributed by atoms with van der Waals surface area (Å²) in [6.07, 6.45) is 3.91. The molecule has 2 aromatic carbocycles. The van der Waals surface area contributed by atoms with E-state index < -0.39 is 0 Å².